The molecule has 0 fully saturated rings. The van der Waals surface area contributed by atoms with E-state index < -0.39 is 0 Å². The van der Waals surface area contributed by atoms with Crippen molar-refractivity contribution in [2.24, 2.45) is 5.92 Å². The monoisotopic (exact) mass is 125 g/mol. The largest absolute Gasteiger partial charge is 0.285 e. The zero-order valence-corrected chi connectivity index (χ0v) is 6.49. The Morgan fingerprint density at radius 3 is 1.78 bits per heavy atom. The van der Waals surface area contributed by atoms with Gasteiger partial charge in [-0.15, -0.1) is 0 Å². The van der Waals surface area contributed by atoms with Crippen molar-refractivity contribution in [1.82, 2.24) is 0 Å². The number of hydrogen-bond acceptors (Lipinski definition) is 1. The molecule has 0 aromatic heterocycles. The minimum Gasteiger partial charge on any atom is -0.285 e. The van der Waals surface area contributed by atoms with Crippen LogP contribution in [0, 0.1) is 5.92 Å². The first-order valence-corrected chi connectivity index (χ1v) is 3.15. The molecule has 0 aliphatic carbocycles. The Labute approximate surface area is 56.8 Å². The summed E-state index contributed by atoms with van der Waals surface area (Å²) in [7, 11) is 0. The molecule has 1 radical (unpaired) electrons. The average Bonchev–Trinajstić information content (AvgIpc) is 1.64. The van der Waals surface area contributed by atoms with Gasteiger partial charge in [0.2, 0.25) is 6.29 Å². The molecule has 0 bridgehead atoms. The fourth-order valence-corrected chi connectivity index (χ4v) is 0.797. The maximum Gasteiger partial charge on any atom is 0.229 e. The van der Waals surface area contributed by atoms with Crippen LogP contribution < -0.4 is 0 Å². The standard InChI is InChI=1S/C8H13O/c1-6(2)8(5-9)7(3)4/h6H,1-4H3. The zero-order valence-electron chi connectivity index (χ0n) is 6.49. The Bertz CT molecular complexity index is 128. The second-order valence-electron chi connectivity index (χ2n) is 2.67. The molecule has 0 aliphatic rings. The van der Waals surface area contributed by atoms with Gasteiger partial charge in [-0.1, -0.05) is 19.4 Å². The maximum absolute atomic E-state index is 10.2. The van der Waals surface area contributed by atoms with Crippen molar-refractivity contribution in [2.75, 3.05) is 0 Å². The van der Waals surface area contributed by atoms with Gasteiger partial charge in [-0.2, -0.15) is 0 Å². The van der Waals surface area contributed by atoms with Crippen molar-refractivity contribution in [1.29, 1.82) is 0 Å². The highest BCUT2D eigenvalue weighted by Crippen LogP contribution is 2.10. The molecular formula is C8H13O. The van der Waals surface area contributed by atoms with Gasteiger partial charge < -0.3 is 0 Å². The molecular weight excluding hydrogens is 112 g/mol. The van der Waals surface area contributed by atoms with Gasteiger partial charge in [-0.25, -0.2) is 0 Å². The number of carbonyl (C=O) groups excluding carboxylic acids is 1. The summed E-state index contributed by atoms with van der Waals surface area (Å²) in [5.41, 5.74) is 1.87. The summed E-state index contributed by atoms with van der Waals surface area (Å²) < 4.78 is 0. The summed E-state index contributed by atoms with van der Waals surface area (Å²) in [5.74, 6) is 0.312. The Balaban J connectivity index is 4.34. The van der Waals surface area contributed by atoms with E-state index in [1.54, 1.807) is 0 Å². The number of hydrogen-bond donors (Lipinski definition) is 0. The van der Waals surface area contributed by atoms with Crippen molar-refractivity contribution >= 4 is 6.29 Å². The molecule has 0 aromatic rings. The highest BCUT2D eigenvalue weighted by atomic mass is 16.1. The first-order valence-electron chi connectivity index (χ1n) is 3.15. The Morgan fingerprint density at radius 2 is 1.78 bits per heavy atom. The quantitative estimate of drug-likeness (QED) is 0.516. The second-order valence-corrected chi connectivity index (χ2v) is 2.67. The van der Waals surface area contributed by atoms with E-state index in [-0.39, 0.29) is 0 Å². The normalized spacial score (nSPS) is 9.44. The molecule has 0 amide bonds. The fourth-order valence-electron chi connectivity index (χ4n) is 0.797. The smallest absolute Gasteiger partial charge is 0.229 e. The number of allylic oxidation sites excluding steroid dienone is 2. The van der Waals surface area contributed by atoms with Gasteiger partial charge in [0.1, 0.15) is 0 Å². The van der Waals surface area contributed by atoms with Gasteiger partial charge in [0.05, 0.1) is 0 Å². The van der Waals surface area contributed by atoms with Crippen LogP contribution in [0.3, 0.4) is 0 Å². The van der Waals surface area contributed by atoms with E-state index in [4.69, 9.17) is 0 Å². The molecule has 1 nitrogen and oxygen atoms in total. The summed E-state index contributed by atoms with van der Waals surface area (Å²) >= 11 is 0. The van der Waals surface area contributed by atoms with Crippen LogP contribution in [0.1, 0.15) is 27.7 Å². The summed E-state index contributed by atoms with van der Waals surface area (Å²) in [6.45, 7) is 7.85. The van der Waals surface area contributed by atoms with Gasteiger partial charge in [0.25, 0.3) is 0 Å². The van der Waals surface area contributed by atoms with Crippen LogP contribution in [0.25, 0.3) is 0 Å². The van der Waals surface area contributed by atoms with Crippen molar-refractivity contribution in [2.45, 2.75) is 27.7 Å². The Hall–Kier alpha value is -0.590. The summed E-state index contributed by atoms with van der Waals surface area (Å²) in [6.07, 6.45) is 1.93. The third-order valence-electron chi connectivity index (χ3n) is 1.23. The van der Waals surface area contributed by atoms with Crippen molar-refractivity contribution in [3.8, 4) is 0 Å². The van der Waals surface area contributed by atoms with E-state index in [1.165, 1.54) is 0 Å². The summed E-state index contributed by atoms with van der Waals surface area (Å²) in [4.78, 5) is 10.2. The van der Waals surface area contributed by atoms with Crippen LogP contribution in [0.4, 0.5) is 0 Å². The minimum absolute atomic E-state index is 0.312. The molecule has 0 atom stereocenters. The molecule has 0 aromatic carbocycles. The van der Waals surface area contributed by atoms with Crippen LogP contribution in [-0.2, 0) is 4.79 Å². The lowest BCUT2D eigenvalue weighted by Crippen LogP contribution is -1.96. The molecule has 0 unspecified atom stereocenters. The predicted octanol–water partition coefficient (Wildman–Crippen LogP) is 2.09. The van der Waals surface area contributed by atoms with Crippen molar-refractivity contribution in [3.05, 3.63) is 11.1 Å². The Morgan fingerprint density at radius 1 is 1.33 bits per heavy atom. The van der Waals surface area contributed by atoms with Gasteiger partial charge in [0, 0.05) is 5.57 Å². The van der Waals surface area contributed by atoms with E-state index in [0.29, 0.717) is 5.92 Å². The topological polar surface area (TPSA) is 17.1 Å². The second kappa shape index (κ2) is 3.44. The highest BCUT2D eigenvalue weighted by Gasteiger charge is 2.02. The van der Waals surface area contributed by atoms with Gasteiger partial charge in [-0.05, 0) is 19.8 Å². The van der Waals surface area contributed by atoms with Crippen LogP contribution in [0.2, 0.25) is 0 Å². The summed E-state index contributed by atoms with van der Waals surface area (Å²) in [6, 6.07) is 0. The van der Waals surface area contributed by atoms with Crippen molar-refractivity contribution < 1.29 is 4.79 Å². The molecule has 0 saturated carbocycles. The molecule has 0 saturated heterocycles. The molecule has 9 heavy (non-hydrogen) atoms. The van der Waals surface area contributed by atoms with E-state index in [9.17, 15) is 4.79 Å². The number of rotatable bonds is 2. The van der Waals surface area contributed by atoms with Crippen molar-refractivity contribution in [3.63, 3.8) is 0 Å². The lowest BCUT2D eigenvalue weighted by Gasteiger charge is -2.03. The zero-order chi connectivity index (χ0) is 7.44. The minimum atomic E-state index is 0.312. The molecule has 1 heteroatoms. The predicted molar refractivity (Wildman–Crippen MR) is 38.9 cm³/mol. The third kappa shape index (κ3) is 2.45. The first-order chi connectivity index (χ1) is 4.09. The lowest BCUT2D eigenvalue weighted by molar-refractivity contribution is 0.555. The highest BCUT2D eigenvalue weighted by molar-refractivity contribution is 5.75. The van der Waals surface area contributed by atoms with E-state index >= 15 is 0 Å². The van der Waals surface area contributed by atoms with Crippen LogP contribution >= 0.6 is 0 Å². The molecule has 0 rings (SSSR count). The summed E-state index contributed by atoms with van der Waals surface area (Å²) in [5, 5.41) is 0. The van der Waals surface area contributed by atoms with E-state index in [1.807, 2.05) is 34.0 Å². The first kappa shape index (κ1) is 8.41. The fraction of sp³-hybridized carbons (Fsp3) is 0.625. The van der Waals surface area contributed by atoms with Crippen LogP contribution in [0.5, 0.6) is 0 Å². The van der Waals surface area contributed by atoms with E-state index in [2.05, 4.69) is 0 Å². The third-order valence-corrected chi connectivity index (χ3v) is 1.23. The van der Waals surface area contributed by atoms with E-state index in [0.717, 1.165) is 11.1 Å². The molecule has 51 valence electrons. The Kier molecular flexibility index (Phi) is 3.21. The lowest BCUT2D eigenvalue weighted by atomic mass is 10.0. The molecule has 0 heterocycles. The molecule has 0 aliphatic heterocycles. The SMILES string of the molecule is CC(C)=C([C]=O)C(C)C. The van der Waals surface area contributed by atoms with Crippen LogP contribution in [0.15, 0.2) is 11.1 Å². The average molecular weight is 125 g/mol. The van der Waals surface area contributed by atoms with Gasteiger partial charge in [0.15, 0.2) is 0 Å². The maximum atomic E-state index is 10.2. The van der Waals surface area contributed by atoms with Gasteiger partial charge in [-0.3, -0.25) is 4.79 Å². The van der Waals surface area contributed by atoms with Gasteiger partial charge >= 0.3 is 0 Å². The van der Waals surface area contributed by atoms with Crippen LogP contribution in [-0.4, -0.2) is 6.29 Å². The molecule has 0 spiro atoms. The molecule has 0 N–H and O–H groups in total.